The summed E-state index contributed by atoms with van der Waals surface area (Å²) >= 11 is 0. The second-order valence-electron chi connectivity index (χ2n) is 3.91. The van der Waals surface area contributed by atoms with Crippen molar-refractivity contribution in [1.29, 1.82) is 0 Å². The van der Waals surface area contributed by atoms with E-state index >= 15 is 0 Å². The lowest BCUT2D eigenvalue weighted by Crippen LogP contribution is -2.41. The Morgan fingerprint density at radius 3 is 2.52 bits per heavy atom. The molecule has 0 unspecified atom stereocenters. The molecule has 0 aliphatic carbocycles. The van der Waals surface area contributed by atoms with Gasteiger partial charge in [0.15, 0.2) is 6.61 Å². The van der Waals surface area contributed by atoms with Gasteiger partial charge < -0.3 is 14.8 Å². The lowest BCUT2D eigenvalue weighted by molar-refractivity contribution is -0.123. The quantitative estimate of drug-likeness (QED) is 0.766. The molecule has 7 nitrogen and oxygen atoms in total. The summed E-state index contributed by atoms with van der Waals surface area (Å²) in [6.45, 7) is 3.76. The van der Waals surface area contributed by atoms with Crippen LogP contribution in [0.3, 0.4) is 0 Å². The van der Waals surface area contributed by atoms with Gasteiger partial charge in [0.1, 0.15) is 11.3 Å². The van der Waals surface area contributed by atoms with Gasteiger partial charge >= 0.3 is 12.0 Å². The Kier molecular flexibility index (Phi) is 6.73. The molecular formula is C14H18N2O5. The number of ether oxygens (including phenoxy) is 2. The number of nitrogens with one attached hydrogen (secondary N) is 2. The zero-order valence-corrected chi connectivity index (χ0v) is 12.0. The van der Waals surface area contributed by atoms with Gasteiger partial charge in [-0.1, -0.05) is 12.1 Å². The summed E-state index contributed by atoms with van der Waals surface area (Å²) in [5.41, 5.74) is 0.227. The third kappa shape index (κ3) is 5.52. The van der Waals surface area contributed by atoms with Crippen LogP contribution in [-0.4, -0.2) is 37.7 Å². The molecule has 0 spiro atoms. The van der Waals surface area contributed by atoms with Crippen molar-refractivity contribution >= 4 is 17.9 Å². The van der Waals surface area contributed by atoms with Crippen molar-refractivity contribution in [1.82, 2.24) is 10.6 Å². The van der Waals surface area contributed by atoms with E-state index in [0.717, 1.165) is 0 Å². The fourth-order valence-electron chi connectivity index (χ4n) is 1.49. The zero-order valence-electron chi connectivity index (χ0n) is 12.0. The molecule has 3 amide bonds. The first-order chi connectivity index (χ1) is 10.1. The van der Waals surface area contributed by atoms with E-state index in [4.69, 9.17) is 9.47 Å². The first kappa shape index (κ1) is 16.5. The largest absolute Gasteiger partial charge is 0.493 e. The Labute approximate surface area is 122 Å². The second kappa shape index (κ2) is 8.57. The Balaban J connectivity index is 2.54. The van der Waals surface area contributed by atoms with Crippen LogP contribution < -0.4 is 15.4 Å². The third-order valence-corrected chi connectivity index (χ3v) is 2.33. The first-order valence-corrected chi connectivity index (χ1v) is 6.55. The summed E-state index contributed by atoms with van der Waals surface area (Å²) in [4.78, 5) is 34.4. The van der Waals surface area contributed by atoms with Gasteiger partial charge in [0, 0.05) is 6.54 Å². The minimum absolute atomic E-state index is 0.227. The molecule has 0 aliphatic heterocycles. The summed E-state index contributed by atoms with van der Waals surface area (Å²) < 4.78 is 10.1. The molecule has 0 fully saturated rings. The Morgan fingerprint density at radius 1 is 1.14 bits per heavy atom. The highest BCUT2D eigenvalue weighted by atomic mass is 16.5. The molecule has 1 rings (SSSR count). The average molecular weight is 294 g/mol. The van der Waals surface area contributed by atoms with Crippen LogP contribution >= 0.6 is 0 Å². The van der Waals surface area contributed by atoms with Gasteiger partial charge in [-0.2, -0.15) is 0 Å². The minimum Gasteiger partial charge on any atom is -0.493 e. The van der Waals surface area contributed by atoms with Crippen molar-refractivity contribution < 1.29 is 23.9 Å². The van der Waals surface area contributed by atoms with Crippen LogP contribution in [0.15, 0.2) is 24.3 Å². The van der Waals surface area contributed by atoms with Crippen LogP contribution in [0.5, 0.6) is 5.75 Å². The molecule has 2 N–H and O–H groups in total. The fraction of sp³-hybridized carbons (Fsp3) is 0.357. The van der Waals surface area contributed by atoms with Gasteiger partial charge in [-0.15, -0.1) is 0 Å². The third-order valence-electron chi connectivity index (χ3n) is 2.33. The Morgan fingerprint density at radius 2 is 1.86 bits per heavy atom. The van der Waals surface area contributed by atoms with E-state index in [1.165, 1.54) is 6.07 Å². The van der Waals surface area contributed by atoms with Crippen LogP contribution in [0, 0.1) is 0 Å². The number of benzene rings is 1. The molecule has 21 heavy (non-hydrogen) atoms. The van der Waals surface area contributed by atoms with Crippen LogP contribution in [0.4, 0.5) is 4.79 Å². The molecule has 0 saturated heterocycles. The molecule has 0 atom stereocenters. The highest BCUT2D eigenvalue weighted by Gasteiger charge is 2.15. The highest BCUT2D eigenvalue weighted by Crippen LogP contribution is 2.18. The predicted molar refractivity (Wildman–Crippen MR) is 75.1 cm³/mol. The molecule has 0 heterocycles. The monoisotopic (exact) mass is 294 g/mol. The van der Waals surface area contributed by atoms with Gasteiger partial charge in [-0.05, 0) is 26.0 Å². The van der Waals surface area contributed by atoms with Gasteiger partial charge in [0.05, 0.1) is 6.61 Å². The molecule has 1 aromatic rings. The molecule has 0 radical (unpaired) electrons. The standard InChI is InChI=1S/C14H18N2O5/c1-3-15-14(19)16-12(17)9-21-13(18)10-7-5-6-8-11(10)20-4-2/h5-8H,3-4,9H2,1-2H3,(H2,15,16,17,19). The summed E-state index contributed by atoms with van der Waals surface area (Å²) in [6, 6.07) is 5.93. The van der Waals surface area contributed by atoms with Crippen LogP contribution in [0.25, 0.3) is 0 Å². The summed E-state index contributed by atoms with van der Waals surface area (Å²) in [5.74, 6) is -1.01. The van der Waals surface area contributed by atoms with E-state index in [1.807, 2.05) is 5.32 Å². The van der Waals surface area contributed by atoms with Crippen LogP contribution in [0.1, 0.15) is 24.2 Å². The smallest absolute Gasteiger partial charge is 0.342 e. The predicted octanol–water partition coefficient (Wildman–Crippen LogP) is 1.09. The molecule has 114 valence electrons. The lowest BCUT2D eigenvalue weighted by atomic mass is 10.2. The number of amides is 3. The lowest BCUT2D eigenvalue weighted by Gasteiger charge is -2.09. The Bertz CT molecular complexity index is 516. The first-order valence-electron chi connectivity index (χ1n) is 6.55. The molecule has 1 aromatic carbocycles. The summed E-state index contributed by atoms with van der Waals surface area (Å²) in [6.07, 6.45) is 0. The van der Waals surface area contributed by atoms with Crippen molar-refractivity contribution in [3.05, 3.63) is 29.8 Å². The van der Waals surface area contributed by atoms with Gasteiger partial charge in [-0.3, -0.25) is 10.1 Å². The molecule has 0 saturated carbocycles. The average Bonchev–Trinajstić information content (AvgIpc) is 2.46. The maximum Gasteiger partial charge on any atom is 0.342 e. The number of hydrogen-bond acceptors (Lipinski definition) is 5. The Hall–Kier alpha value is -2.57. The number of urea groups is 1. The number of imide groups is 1. The maximum absolute atomic E-state index is 11.9. The number of para-hydroxylation sites is 1. The molecule has 7 heteroatoms. The molecule has 0 aliphatic rings. The minimum atomic E-state index is -0.705. The summed E-state index contributed by atoms with van der Waals surface area (Å²) in [5, 5.41) is 4.42. The van der Waals surface area contributed by atoms with Gasteiger partial charge in [0.25, 0.3) is 5.91 Å². The number of hydrogen-bond donors (Lipinski definition) is 2. The van der Waals surface area contributed by atoms with Crippen molar-refractivity contribution in [2.75, 3.05) is 19.8 Å². The number of rotatable bonds is 6. The number of carbonyl (C=O) groups is 3. The topological polar surface area (TPSA) is 93.7 Å². The van der Waals surface area contributed by atoms with Crippen LogP contribution in [-0.2, 0) is 9.53 Å². The normalized spacial score (nSPS) is 9.62. The van der Waals surface area contributed by atoms with Gasteiger partial charge in [-0.25, -0.2) is 9.59 Å². The van der Waals surface area contributed by atoms with Crippen LogP contribution in [0.2, 0.25) is 0 Å². The molecule has 0 aromatic heterocycles. The number of esters is 1. The maximum atomic E-state index is 11.9. The van der Waals surface area contributed by atoms with E-state index in [1.54, 1.807) is 32.0 Å². The second-order valence-corrected chi connectivity index (χ2v) is 3.91. The number of carbonyl (C=O) groups excluding carboxylic acids is 3. The molecule has 0 bridgehead atoms. The fourth-order valence-corrected chi connectivity index (χ4v) is 1.49. The zero-order chi connectivity index (χ0) is 15.7. The van der Waals surface area contributed by atoms with Gasteiger partial charge in [0.2, 0.25) is 0 Å². The highest BCUT2D eigenvalue weighted by molar-refractivity contribution is 5.97. The summed E-state index contributed by atoms with van der Waals surface area (Å²) in [7, 11) is 0. The van der Waals surface area contributed by atoms with E-state index in [9.17, 15) is 14.4 Å². The molecular weight excluding hydrogens is 276 g/mol. The van der Waals surface area contributed by atoms with E-state index in [0.29, 0.717) is 18.9 Å². The van der Waals surface area contributed by atoms with E-state index < -0.39 is 24.5 Å². The van der Waals surface area contributed by atoms with Crippen molar-refractivity contribution in [3.63, 3.8) is 0 Å². The van der Waals surface area contributed by atoms with Crippen molar-refractivity contribution in [2.45, 2.75) is 13.8 Å². The van der Waals surface area contributed by atoms with Crippen molar-refractivity contribution in [3.8, 4) is 5.75 Å². The van der Waals surface area contributed by atoms with E-state index in [-0.39, 0.29) is 5.56 Å². The van der Waals surface area contributed by atoms with Crippen molar-refractivity contribution in [2.24, 2.45) is 0 Å². The van der Waals surface area contributed by atoms with E-state index in [2.05, 4.69) is 5.32 Å². The SMILES string of the molecule is CCNC(=O)NC(=O)COC(=O)c1ccccc1OCC.